The number of nitrogens with two attached hydrogens (primary N) is 1. The molecule has 0 aromatic heterocycles. The van der Waals surface area contributed by atoms with Crippen LogP contribution in [0.25, 0.3) is 0 Å². The number of aryl methyl sites for hydroxylation is 1. The summed E-state index contributed by atoms with van der Waals surface area (Å²) in [6, 6.07) is 1.35. The molecular weight excluding hydrogens is 308 g/mol. The van der Waals surface area contributed by atoms with Gasteiger partial charge in [-0.15, -0.1) is 0 Å². The van der Waals surface area contributed by atoms with Gasteiger partial charge in [-0.2, -0.15) is 0 Å². The fraction of sp³-hybridized carbons (Fsp3) is 0.471. The molecule has 0 aliphatic carbocycles. The second-order valence-corrected chi connectivity index (χ2v) is 6.63. The molecule has 1 aromatic carbocycles. The lowest BCUT2D eigenvalue weighted by Gasteiger charge is -2.29. The molecule has 0 radical (unpaired) electrons. The zero-order chi connectivity index (χ0) is 16.8. The number of rotatable bonds is 1. The van der Waals surface area contributed by atoms with Gasteiger partial charge in [0.2, 0.25) is 11.8 Å². The lowest BCUT2D eigenvalue weighted by Crippen LogP contribution is -2.52. The lowest BCUT2D eigenvalue weighted by atomic mass is 9.95. The number of amides is 3. The third-order valence-corrected chi connectivity index (χ3v) is 5.19. The van der Waals surface area contributed by atoms with E-state index in [0.717, 1.165) is 36.1 Å². The second-order valence-electron chi connectivity index (χ2n) is 6.63. The van der Waals surface area contributed by atoms with Gasteiger partial charge in [0.25, 0.3) is 5.91 Å². The van der Waals surface area contributed by atoms with Crippen molar-refractivity contribution in [2.75, 3.05) is 12.3 Å². The summed E-state index contributed by atoms with van der Waals surface area (Å²) in [5.41, 5.74) is 10.6. The van der Waals surface area contributed by atoms with Crippen molar-refractivity contribution in [1.29, 1.82) is 0 Å². The first-order chi connectivity index (χ1) is 11.6. The fourth-order valence-corrected chi connectivity index (χ4v) is 3.89. The lowest BCUT2D eigenvalue weighted by molar-refractivity contribution is -0.136. The number of fused-ring (bicyclic) bond motifs is 2. The van der Waals surface area contributed by atoms with E-state index in [1.807, 2.05) is 6.07 Å². The van der Waals surface area contributed by atoms with E-state index in [4.69, 9.17) is 5.73 Å². The number of nitrogens with one attached hydrogen (secondary N) is 2. The topological polar surface area (TPSA) is 105 Å². The predicted molar refractivity (Wildman–Crippen MR) is 86.9 cm³/mol. The monoisotopic (exact) mass is 328 g/mol. The van der Waals surface area contributed by atoms with Gasteiger partial charge in [-0.25, -0.2) is 0 Å². The van der Waals surface area contributed by atoms with Gasteiger partial charge in [-0.3, -0.25) is 19.7 Å². The largest absolute Gasteiger partial charge is 0.398 e. The number of carbonyl (C=O) groups is 3. The highest BCUT2D eigenvalue weighted by molar-refractivity contribution is 6.06. The molecular formula is C17H20N4O3. The van der Waals surface area contributed by atoms with E-state index in [9.17, 15) is 14.4 Å². The average Bonchev–Trinajstić information content (AvgIpc) is 2.73. The summed E-state index contributed by atoms with van der Waals surface area (Å²) < 4.78 is 0. The van der Waals surface area contributed by atoms with Crippen LogP contribution in [0.4, 0.5) is 5.69 Å². The molecule has 3 amide bonds. The maximum absolute atomic E-state index is 12.8. The van der Waals surface area contributed by atoms with Crippen molar-refractivity contribution in [2.45, 2.75) is 44.8 Å². The minimum absolute atomic E-state index is 0.161. The molecule has 4 N–H and O–H groups in total. The van der Waals surface area contributed by atoms with E-state index in [1.54, 1.807) is 4.90 Å². The standard InChI is InChI=1S/C17H20N4O3/c18-15-11-7-19-5-1-2-9(11)6-10-12(15)8-21(17(10)24)13-3-4-14(22)20-16(13)23/h6,13,19H,1-5,7-8,18H2,(H,20,22,23). The number of nitrogens with zero attached hydrogens (tertiary/aromatic N) is 1. The second kappa shape index (κ2) is 5.59. The van der Waals surface area contributed by atoms with E-state index in [1.165, 1.54) is 0 Å². The number of carbonyl (C=O) groups excluding carboxylic acids is 3. The highest BCUT2D eigenvalue weighted by Gasteiger charge is 2.40. The average molecular weight is 328 g/mol. The van der Waals surface area contributed by atoms with Crippen molar-refractivity contribution in [3.63, 3.8) is 0 Å². The summed E-state index contributed by atoms with van der Waals surface area (Å²) in [5, 5.41) is 5.67. The Hall–Kier alpha value is -2.41. The van der Waals surface area contributed by atoms with Gasteiger partial charge in [0.05, 0.1) is 0 Å². The molecule has 3 aliphatic rings. The maximum atomic E-state index is 12.8. The van der Waals surface area contributed by atoms with Crippen molar-refractivity contribution in [3.8, 4) is 0 Å². The van der Waals surface area contributed by atoms with Crippen molar-refractivity contribution < 1.29 is 14.4 Å². The molecule has 0 saturated carbocycles. The molecule has 1 aromatic rings. The highest BCUT2D eigenvalue weighted by atomic mass is 16.2. The Morgan fingerprint density at radius 3 is 2.79 bits per heavy atom. The molecule has 4 rings (SSSR count). The smallest absolute Gasteiger partial charge is 0.255 e. The Morgan fingerprint density at radius 1 is 1.17 bits per heavy atom. The first-order valence-corrected chi connectivity index (χ1v) is 8.34. The number of piperidine rings is 1. The third kappa shape index (κ3) is 2.27. The highest BCUT2D eigenvalue weighted by Crippen LogP contribution is 2.35. The first kappa shape index (κ1) is 15.1. The summed E-state index contributed by atoms with van der Waals surface area (Å²) >= 11 is 0. The van der Waals surface area contributed by atoms with Gasteiger partial charge in [-0.05, 0) is 43.0 Å². The van der Waals surface area contributed by atoms with Crippen LogP contribution < -0.4 is 16.4 Å². The van der Waals surface area contributed by atoms with E-state index in [-0.39, 0.29) is 18.2 Å². The van der Waals surface area contributed by atoms with Gasteiger partial charge in [0.1, 0.15) is 6.04 Å². The van der Waals surface area contributed by atoms with Crippen LogP contribution >= 0.6 is 0 Å². The Bertz CT molecular complexity index is 759. The Balaban J connectivity index is 1.69. The molecule has 1 atom stereocenters. The van der Waals surface area contributed by atoms with Crippen LogP contribution in [0.15, 0.2) is 6.07 Å². The zero-order valence-electron chi connectivity index (χ0n) is 13.4. The summed E-state index contributed by atoms with van der Waals surface area (Å²) in [4.78, 5) is 37.8. The summed E-state index contributed by atoms with van der Waals surface area (Å²) in [6.45, 7) is 1.98. The van der Waals surface area contributed by atoms with Crippen molar-refractivity contribution in [2.24, 2.45) is 0 Å². The van der Waals surface area contributed by atoms with Crippen LogP contribution in [-0.4, -0.2) is 35.2 Å². The van der Waals surface area contributed by atoms with Crippen LogP contribution in [0.3, 0.4) is 0 Å². The molecule has 7 nitrogen and oxygen atoms in total. The van der Waals surface area contributed by atoms with Gasteiger partial charge in [0, 0.05) is 36.3 Å². The quantitative estimate of drug-likeness (QED) is 0.500. The molecule has 1 saturated heterocycles. The van der Waals surface area contributed by atoms with Crippen molar-refractivity contribution in [3.05, 3.63) is 28.3 Å². The third-order valence-electron chi connectivity index (χ3n) is 5.19. The van der Waals surface area contributed by atoms with Gasteiger partial charge >= 0.3 is 0 Å². The molecule has 3 aliphatic heterocycles. The van der Waals surface area contributed by atoms with Crippen LogP contribution in [0.5, 0.6) is 0 Å². The Morgan fingerprint density at radius 2 is 2.00 bits per heavy atom. The number of benzene rings is 1. The van der Waals surface area contributed by atoms with Gasteiger partial charge in [0.15, 0.2) is 0 Å². The number of hydrogen-bond donors (Lipinski definition) is 3. The van der Waals surface area contributed by atoms with Crippen molar-refractivity contribution >= 4 is 23.4 Å². The van der Waals surface area contributed by atoms with Crippen LogP contribution in [-0.2, 0) is 29.1 Å². The van der Waals surface area contributed by atoms with E-state index >= 15 is 0 Å². The van der Waals surface area contributed by atoms with Gasteiger partial charge < -0.3 is 16.0 Å². The molecule has 126 valence electrons. The van der Waals surface area contributed by atoms with E-state index in [2.05, 4.69) is 10.6 Å². The van der Waals surface area contributed by atoms with E-state index < -0.39 is 11.9 Å². The molecule has 0 bridgehead atoms. The van der Waals surface area contributed by atoms with Gasteiger partial charge in [-0.1, -0.05) is 0 Å². The number of anilines is 1. The van der Waals surface area contributed by atoms with Crippen molar-refractivity contribution in [1.82, 2.24) is 15.5 Å². The maximum Gasteiger partial charge on any atom is 0.255 e. The number of imide groups is 1. The molecule has 1 fully saturated rings. The summed E-state index contributed by atoms with van der Waals surface area (Å²) in [7, 11) is 0. The zero-order valence-corrected chi connectivity index (χ0v) is 13.4. The predicted octanol–water partition coefficient (Wildman–Crippen LogP) is 0.0656. The first-order valence-electron chi connectivity index (χ1n) is 8.34. The Labute approximate surface area is 139 Å². The molecule has 1 unspecified atom stereocenters. The molecule has 3 heterocycles. The minimum Gasteiger partial charge on any atom is -0.398 e. The summed E-state index contributed by atoms with van der Waals surface area (Å²) in [5.74, 6) is -0.835. The Kier molecular flexibility index (Phi) is 3.53. The van der Waals surface area contributed by atoms with Crippen LogP contribution in [0.2, 0.25) is 0 Å². The minimum atomic E-state index is -0.597. The molecule has 7 heteroatoms. The molecule has 24 heavy (non-hydrogen) atoms. The van der Waals surface area contributed by atoms with Crippen LogP contribution in [0.1, 0.15) is 46.3 Å². The number of nitrogen functional groups attached to an aromatic ring is 1. The molecule has 0 spiro atoms. The number of hydrogen-bond acceptors (Lipinski definition) is 5. The normalized spacial score (nSPS) is 23.6. The van der Waals surface area contributed by atoms with Crippen LogP contribution in [0, 0.1) is 0 Å². The summed E-state index contributed by atoms with van der Waals surface area (Å²) in [6.07, 6.45) is 2.53. The van der Waals surface area contributed by atoms with E-state index in [0.29, 0.717) is 30.8 Å². The SMILES string of the molecule is Nc1c2c(cc3c1CN(C1CCC(=O)NC1=O)C3=O)CCCNC2. The fourth-order valence-electron chi connectivity index (χ4n) is 3.89.